The number of aliphatic hydroxyl groups is 1. The van der Waals surface area contributed by atoms with Crippen molar-refractivity contribution < 1.29 is 19.7 Å². The minimum atomic E-state index is -0.129. The number of aromatic hydroxyl groups is 1. The lowest BCUT2D eigenvalue weighted by Gasteiger charge is -2.19. The van der Waals surface area contributed by atoms with Crippen LogP contribution in [-0.4, -0.2) is 36.4 Å². The van der Waals surface area contributed by atoms with Gasteiger partial charge < -0.3 is 25.6 Å². The van der Waals surface area contributed by atoms with Crippen LogP contribution in [0.2, 0.25) is 0 Å². The van der Waals surface area contributed by atoms with Crippen LogP contribution in [0.4, 0.5) is 5.69 Å². The fraction of sp³-hybridized carbons (Fsp3) is 0.219. The number of rotatable bonds is 11. The Labute approximate surface area is 223 Å². The van der Waals surface area contributed by atoms with Gasteiger partial charge >= 0.3 is 0 Å². The lowest BCUT2D eigenvalue weighted by atomic mass is 9.90. The fourth-order valence-corrected chi connectivity index (χ4v) is 4.82. The third-order valence-electron chi connectivity index (χ3n) is 6.99. The number of carbonyl (C=O) groups excluding carboxylic acids is 1. The first-order chi connectivity index (χ1) is 18.4. The maximum absolute atomic E-state index is 11.0. The molecule has 4 aromatic carbocycles. The van der Waals surface area contributed by atoms with E-state index in [1.807, 2.05) is 43.3 Å². The van der Waals surface area contributed by atoms with Crippen molar-refractivity contribution in [3.63, 3.8) is 0 Å². The molecule has 4 rings (SSSR count). The highest BCUT2D eigenvalue weighted by Gasteiger charge is 2.15. The summed E-state index contributed by atoms with van der Waals surface area (Å²) in [5.74, 6) is 1.00. The van der Waals surface area contributed by atoms with Gasteiger partial charge in [0.15, 0.2) is 0 Å². The highest BCUT2D eigenvalue weighted by atomic mass is 16.5. The van der Waals surface area contributed by atoms with E-state index in [1.54, 1.807) is 19.2 Å². The summed E-state index contributed by atoms with van der Waals surface area (Å²) >= 11 is 0. The Morgan fingerprint density at radius 2 is 1.58 bits per heavy atom. The zero-order valence-electron chi connectivity index (χ0n) is 22.0. The van der Waals surface area contributed by atoms with Gasteiger partial charge in [-0.3, -0.25) is 4.79 Å². The molecule has 0 fully saturated rings. The van der Waals surface area contributed by atoms with Gasteiger partial charge in [-0.05, 0) is 83.5 Å². The van der Waals surface area contributed by atoms with Crippen LogP contribution >= 0.6 is 0 Å². The van der Waals surface area contributed by atoms with Gasteiger partial charge in [0, 0.05) is 23.8 Å². The molecule has 0 aliphatic rings. The number of amides is 1. The number of benzene rings is 4. The number of phenolic OH excluding ortho intramolecular Hbond substituents is 1. The number of phenols is 1. The van der Waals surface area contributed by atoms with Gasteiger partial charge in [-0.25, -0.2) is 0 Å². The zero-order valence-corrected chi connectivity index (χ0v) is 22.0. The van der Waals surface area contributed by atoms with Crippen LogP contribution in [0, 0.1) is 13.8 Å². The van der Waals surface area contributed by atoms with Crippen molar-refractivity contribution in [2.75, 3.05) is 19.0 Å². The molecule has 0 bridgehead atoms. The molecule has 6 heteroatoms. The quantitative estimate of drug-likeness (QED) is 0.197. The van der Waals surface area contributed by atoms with Gasteiger partial charge in [-0.15, -0.1) is 0 Å². The Bertz CT molecular complexity index is 1400. The largest absolute Gasteiger partial charge is 0.508 e. The Kier molecular flexibility index (Phi) is 8.79. The van der Waals surface area contributed by atoms with Crippen LogP contribution in [0.3, 0.4) is 0 Å². The summed E-state index contributed by atoms with van der Waals surface area (Å²) in [5.41, 5.74) is 9.33. The molecule has 6 nitrogen and oxygen atoms in total. The van der Waals surface area contributed by atoms with Crippen molar-refractivity contribution in [1.29, 1.82) is 0 Å². The first-order valence-corrected chi connectivity index (χ1v) is 12.6. The second-order valence-electron chi connectivity index (χ2n) is 9.38. The van der Waals surface area contributed by atoms with Gasteiger partial charge in [-0.2, -0.15) is 0 Å². The van der Waals surface area contributed by atoms with Crippen LogP contribution < -0.4 is 15.4 Å². The van der Waals surface area contributed by atoms with Crippen molar-refractivity contribution in [1.82, 2.24) is 5.32 Å². The second kappa shape index (κ2) is 12.4. The van der Waals surface area contributed by atoms with E-state index in [-0.39, 0.29) is 18.4 Å². The number of hydrogen-bond acceptors (Lipinski definition) is 5. The van der Waals surface area contributed by atoms with Gasteiger partial charge in [0.2, 0.25) is 6.41 Å². The van der Waals surface area contributed by atoms with Gasteiger partial charge in [0.05, 0.1) is 13.7 Å². The number of carbonyl (C=O) groups is 1. The molecule has 1 unspecified atom stereocenters. The molecule has 0 radical (unpaired) electrons. The van der Waals surface area contributed by atoms with Crippen molar-refractivity contribution in [2.45, 2.75) is 32.9 Å². The number of methoxy groups -OCH3 is 1. The summed E-state index contributed by atoms with van der Waals surface area (Å²) < 4.78 is 5.75. The van der Waals surface area contributed by atoms with Crippen molar-refractivity contribution in [2.24, 2.45) is 0 Å². The molecule has 0 heterocycles. The monoisotopic (exact) mass is 510 g/mol. The number of hydrogen-bond donors (Lipinski definition) is 4. The van der Waals surface area contributed by atoms with E-state index in [2.05, 4.69) is 47.9 Å². The maximum atomic E-state index is 11.0. The van der Waals surface area contributed by atoms with E-state index in [9.17, 15) is 15.0 Å². The molecule has 4 aromatic rings. The predicted molar refractivity (Wildman–Crippen MR) is 153 cm³/mol. The minimum Gasteiger partial charge on any atom is -0.508 e. The standard InChI is InChI=1S/C32H34N2O4/c1-21-28(6-4-7-29(21)30-8-5-9-31(22(30)2)34-20-36)24-12-13-25(32(17-24)38-3)18-33-26(19-35)16-23-10-14-27(37)15-11-23/h4-15,17,20,26,33,35,37H,16,18-19H2,1-3H3,(H,34,36). The minimum absolute atomic E-state index is 0.00372. The molecule has 0 aromatic heterocycles. The molecule has 0 spiro atoms. The predicted octanol–water partition coefficient (Wildman–Crippen LogP) is 5.61. The Hall–Kier alpha value is -4.13. The summed E-state index contributed by atoms with van der Waals surface area (Å²) in [6.07, 6.45) is 1.35. The van der Waals surface area contributed by atoms with E-state index in [0.717, 1.165) is 55.9 Å². The fourth-order valence-electron chi connectivity index (χ4n) is 4.82. The smallest absolute Gasteiger partial charge is 0.211 e. The van der Waals surface area contributed by atoms with Gasteiger partial charge in [0.1, 0.15) is 11.5 Å². The summed E-state index contributed by atoms with van der Waals surface area (Å²) in [6, 6.07) is 25.3. The van der Waals surface area contributed by atoms with Crippen LogP contribution in [0.25, 0.3) is 22.3 Å². The molecular formula is C32H34N2O4. The molecule has 0 aliphatic heterocycles. The SMILES string of the molecule is COc1cc(-c2cccc(-c3cccc(NC=O)c3C)c2C)ccc1CNC(CO)Cc1ccc(O)cc1. The third-order valence-corrected chi connectivity index (χ3v) is 6.99. The van der Waals surface area contributed by atoms with E-state index in [0.29, 0.717) is 19.4 Å². The molecule has 0 saturated carbocycles. The van der Waals surface area contributed by atoms with E-state index >= 15 is 0 Å². The molecule has 4 N–H and O–H groups in total. The number of ether oxygens (including phenoxy) is 1. The Morgan fingerprint density at radius 3 is 2.26 bits per heavy atom. The van der Waals surface area contributed by atoms with E-state index in [1.165, 1.54) is 0 Å². The number of anilines is 1. The normalized spacial score (nSPS) is 11.7. The van der Waals surface area contributed by atoms with E-state index < -0.39 is 0 Å². The summed E-state index contributed by atoms with van der Waals surface area (Å²) in [7, 11) is 1.67. The van der Waals surface area contributed by atoms with E-state index in [4.69, 9.17) is 4.74 Å². The maximum Gasteiger partial charge on any atom is 0.211 e. The van der Waals surface area contributed by atoms with Crippen molar-refractivity contribution in [3.05, 3.63) is 101 Å². The lowest BCUT2D eigenvalue weighted by molar-refractivity contribution is -0.105. The van der Waals surface area contributed by atoms with Crippen LogP contribution in [-0.2, 0) is 17.8 Å². The van der Waals surface area contributed by atoms with Crippen molar-refractivity contribution >= 4 is 12.1 Å². The highest BCUT2D eigenvalue weighted by molar-refractivity contribution is 5.84. The van der Waals surface area contributed by atoms with Crippen LogP contribution in [0.1, 0.15) is 22.3 Å². The van der Waals surface area contributed by atoms with Gasteiger partial charge in [-0.1, -0.05) is 54.6 Å². The average molecular weight is 511 g/mol. The Balaban J connectivity index is 1.57. The second-order valence-corrected chi connectivity index (χ2v) is 9.38. The summed E-state index contributed by atoms with van der Waals surface area (Å²) in [4.78, 5) is 11.0. The van der Waals surface area contributed by atoms with Crippen LogP contribution in [0.5, 0.6) is 11.5 Å². The summed E-state index contributed by atoms with van der Waals surface area (Å²) in [6.45, 7) is 4.66. The zero-order chi connectivity index (χ0) is 27.1. The molecule has 38 heavy (non-hydrogen) atoms. The van der Waals surface area contributed by atoms with Gasteiger partial charge in [0.25, 0.3) is 0 Å². The first-order valence-electron chi connectivity index (χ1n) is 12.6. The molecule has 0 saturated heterocycles. The molecular weight excluding hydrogens is 476 g/mol. The van der Waals surface area contributed by atoms with Crippen molar-refractivity contribution in [3.8, 4) is 33.8 Å². The molecule has 1 atom stereocenters. The molecule has 0 aliphatic carbocycles. The topological polar surface area (TPSA) is 90.8 Å². The average Bonchev–Trinajstić information content (AvgIpc) is 2.93. The number of aliphatic hydroxyl groups excluding tert-OH is 1. The van der Waals surface area contributed by atoms with Crippen LogP contribution in [0.15, 0.2) is 78.9 Å². The number of nitrogens with one attached hydrogen (secondary N) is 2. The lowest BCUT2D eigenvalue weighted by Crippen LogP contribution is -2.34. The third kappa shape index (κ3) is 6.05. The Morgan fingerprint density at radius 1 is 0.895 bits per heavy atom. The highest BCUT2D eigenvalue weighted by Crippen LogP contribution is 2.36. The summed E-state index contributed by atoms with van der Waals surface area (Å²) in [5, 5.41) is 25.6. The molecule has 1 amide bonds. The molecule has 196 valence electrons. The first kappa shape index (κ1) is 26.9.